The molecular formula is C22H16ClF11N4O. The van der Waals surface area contributed by atoms with Gasteiger partial charge in [0.15, 0.2) is 11.5 Å². The van der Waals surface area contributed by atoms with Crippen LogP contribution in [-0.4, -0.2) is 33.3 Å². The van der Waals surface area contributed by atoms with E-state index < -0.39 is 65.1 Å². The molecule has 1 aliphatic rings. The fourth-order valence-corrected chi connectivity index (χ4v) is 4.43. The zero-order chi connectivity index (χ0) is 29.3. The van der Waals surface area contributed by atoms with Crippen LogP contribution < -0.4 is 5.32 Å². The molecule has 0 bridgehead atoms. The third-order valence-electron chi connectivity index (χ3n) is 6.16. The van der Waals surface area contributed by atoms with Crippen molar-refractivity contribution < 1.29 is 52.8 Å². The number of nitrogens with zero attached hydrogens (tertiary/aromatic N) is 3. The Morgan fingerprint density at radius 1 is 1.03 bits per heavy atom. The fraction of sp³-hybridized carbons (Fsp3) is 0.455. The minimum absolute atomic E-state index is 0.127. The summed E-state index contributed by atoms with van der Waals surface area (Å²) in [5.41, 5.74) is -6.39. The van der Waals surface area contributed by atoms with Crippen molar-refractivity contribution in [1.29, 1.82) is 0 Å². The van der Waals surface area contributed by atoms with Crippen molar-refractivity contribution in [2.75, 3.05) is 0 Å². The first-order valence-electron chi connectivity index (χ1n) is 10.9. The molecule has 3 atom stereocenters. The Balaban J connectivity index is 1.70. The van der Waals surface area contributed by atoms with Crippen molar-refractivity contribution in [2.24, 2.45) is 13.0 Å². The van der Waals surface area contributed by atoms with Crippen LogP contribution in [0, 0.1) is 5.92 Å². The van der Waals surface area contributed by atoms with Gasteiger partial charge in [-0.1, -0.05) is 16.8 Å². The number of hydrogen-bond donors (Lipinski definition) is 1. The summed E-state index contributed by atoms with van der Waals surface area (Å²) in [6.07, 6.45) is -16.5. The van der Waals surface area contributed by atoms with Gasteiger partial charge in [-0.15, -0.1) is 0 Å². The van der Waals surface area contributed by atoms with Gasteiger partial charge in [0.05, 0.1) is 5.92 Å². The standard InChI is InChI=1S/C22H16ClF11N4O/c1-8(35-13-6-11(13)20(26,27)28)10-5-9(3-4-12(10)23)15-7-14(37-39-15)17-16(21(29,30)31)18(36-38(17)2)19(24,25)22(32,33)34/h3-5,7-8,11,13,35H,6H2,1-2H3/t8?,11-,13-/m0/s1. The Labute approximate surface area is 216 Å². The lowest BCUT2D eigenvalue weighted by molar-refractivity contribution is -0.292. The highest BCUT2D eigenvalue weighted by Crippen LogP contribution is 2.50. The van der Waals surface area contributed by atoms with Gasteiger partial charge in [0.2, 0.25) is 0 Å². The lowest BCUT2D eigenvalue weighted by Gasteiger charge is -2.19. The molecule has 3 aromatic rings. The van der Waals surface area contributed by atoms with Crippen LogP contribution in [0.25, 0.3) is 22.7 Å². The van der Waals surface area contributed by atoms with Gasteiger partial charge in [-0.2, -0.15) is 53.4 Å². The van der Waals surface area contributed by atoms with E-state index in [1.807, 2.05) is 0 Å². The largest absolute Gasteiger partial charge is 0.459 e. The number of aromatic nitrogens is 3. The normalized spacial score (nSPS) is 19.4. The van der Waals surface area contributed by atoms with E-state index in [0.717, 1.165) is 13.1 Å². The maximum Gasteiger partial charge on any atom is 0.459 e. The molecule has 1 N–H and O–H groups in total. The summed E-state index contributed by atoms with van der Waals surface area (Å²) < 4.78 is 152. The summed E-state index contributed by atoms with van der Waals surface area (Å²) in [5, 5.41) is 9.16. The number of halogens is 12. The summed E-state index contributed by atoms with van der Waals surface area (Å²) in [6, 6.07) is 3.38. The highest BCUT2D eigenvalue weighted by molar-refractivity contribution is 6.31. The van der Waals surface area contributed by atoms with Gasteiger partial charge in [-0.25, -0.2) is 0 Å². The van der Waals surface area contributed by atoms with E-state index in [1.165, 1.54) is 25.1 Å². The number of nitrogens with one attached hydrogen (secondary N) is 1. The Bertz CT molecular complexity index is 1370. The maximum atomic E-state index is 13.9. The minimum Gasteiger partial charge on any atom is -0.356 e. The van der Waals surface area contributed by atoms with Crippen molar-refractivity contribution in [1.82, 2.24) is 20.3 Å². The molecule has 2 aromatic heterocycles. The second kappa shape index (κ2) is 9.35. The van der Waals surface area contributed by atoms with Crippen LogP contribution >= 0.6 is 11.6 Å². The molecular weight excluding hydrogens is 581 g/mol. The average Bonchev–Trinajstić information content (AvgIpc) is 3.23. The monoisotopic (exact) mass is 596 g/mol. The summed E-state index contributed by atoms with van der Waals surface area (Å²) in [4.78, 5) is 0. The smallest absolute Gasteiger partial charge is 0.356 e. The molecule has 1 unspecified atom stereocenters. The predicted octanol–water partition coefficient (Wildman–Crippen LogP) is 7.67. The highest BCUT2D eigenvalue weighted by atomic mass is 35.5. The summed E-state index contributed by atoms with van der Waals surface area (Å²) in [7, 11) is 0.731. The van der Waals surface area contributed by atoms with Gasteiger partial charge < -0.3 is 9.84 Å². The molecule has 1 fully saturated rings. The van der Waals surface area contributed by atoms with Crippen LogP contribution in [0.3, 0.4) is 0 Å². The van der Waals surface area contributed by atoms with Crippen LogP contribution in [0.15, 0.2) is 28.8 Å². The van der Waals surface area contributed by atoms with E-state index in [1.54, 1.807) is 0 Å². The molecule has 5 nitrogen and oxygen atoms in total. The topological polar surface area (TPSA) is 55.9 Å². The Kier molecular flexibility index (Phi) is 6.98. The highest BCUT2D eigenvalue weighted by Gasteiger charge is 2.64. The Morgan fingerprint density at radius 3 is 2.21 bits per heavy atom. The second-order valence-electron chi connectivity index (χ2n) is 8.96. The quantitative estimate of drug-likeness (QED) is 0.297. The zero-order valence-corrected chi connectivity index (χ0v) is 20.3. The van der Waals surface area contributed by atoms with E-state index in [-0.39, 0.29) is 27.4 Å². The fourth-order valence-electron chi connectivity index (χ4n) is 4.14. The SMILES string of the molecule is CC(N[C@H]1C[C@@H]1C(F)(F)F)c1cc(-c2cc(-c3c(C(F)(F)F)c(C(F)(F)C(F)(F)F)nn3C)no2)ccc1Cl. The minimum atomic E-state index is -6.36. The maximum absolute atomic E-state index is 13.9. The molecule has 4 rings (SSSR count). The molecule has 39 heavy (non-hydrogen) atoms. The molecule has 0 aliphatic heterocycles. The first kappa shape index (κ1) is 29.1. The molecule has 1 aromatic carbocycles. The van der Waals surface area contributed by atoms with Crippen molar-refractivity contribution in [3.63, 3.8) is 0 Å². The van der Waals surface area contributed by atoms with Crippen LogP contribution in [-0.2, 0) is 19.1 Å². The van der Waals surface area contributed by atoms with Crippen LogP contribution in [0.5, 0.6) is 0 Å². The molecule has 0 amide bonds. The van der Waals surface area contributed by atoms with Crippen LogP contribution in [0.4, 0.5) is 48.3 Å². The Morgan fingerprint density at radius 2 is 1.67 bits per heavy atom. The van der Waals surface area contributed by atoms with Crippen LogP contribution in [0.1, 0.15) is 36.2 Å². The predicted molar refractivity (Wildman–Crippen MR) is 114 cm³/mol. The van der Waals surface area contributed by atoms with Crippen molar-refractivity contribution in [3.05, 3.63) is 46.1 Å². The van der Waals surface area contributed by atoms with E-state index >= 15 is 0 Å². The summed E-state index contributed by atoms with van der Waals surface area (Å²) >= 11 is 6.18. The lowest BCUT2D eigenvalue weighted by atomic mass is 10.0. The molecule has 0 spiro atoms. The molecule has 17 heteroatoms. The van der Waals surface area contributed by atoms with Gasteiger partial charge in [0.1, 0.15) is 17.0 Å². The molecule has 1 aliphatic carbocycles. The third-order valence-corrected chi connectivity index (χ3v) is 6.50. The third kappa shape index (κ3) is 5.44. The zero-order valence-electron chi connectivity index (χ0n) is 19.5. The van der Waals surface area contributed by atoms with Gasteiger partial charge >= 0.3 is 24.5 Å². The molecule has 0 radical (unpaired) electrons. The molecule has 2 heterocycles. The van der Waals surface area contributed by atoms with E-state index in [0.29, 0.717) is 5.56 Å². The van der Waals surface area contributed by atoms with Gasteiger partial charge in [-0.3, -0.25) is 4.68 Å². The second-order valence-corrected chi connectivity index (χ2v) is 9.36. The van der Waals surface area contributed by atoms with Gasteiger partial charge in [0, 0.05) is 35.8 Å². The van der Waals surface area contributed by atoms with Crippen molar-refractivity contribution >= 4 is 11.6 Å². The average molecular weight is 597 g/mol. The first-order valence-corrected chi connectivity index (χ1v) is 11.3. The van der Waals surface area contributed by atoms with E-state index in [9.17, 15) is 48.3 Å². The van der Waals surface area contributed by atoms with Crippen molar-refractivity contribution in [3.8, 4) is 22.7 Å². The van der Waals surface area contributed by atoms with E-state index in [4.69, 9.17) is 16.1 Å². The first-order chi connectivity index (χ1) is 17.7. The van der Waals surface area contributed by atoms with Gasteiger partial charge in [0.25, 0.3) is 0 Å². The molecule has 1 saturated carbocycles. The number of aryl methyl sites for hydroxylation is 1. The number of benzene rings is 1. The molecule has 214 valence electrons. The number of rotatable bonds is 6. The summed E-state index contributed by atoms with van der Waals surface area (Å²) in [5.74, 6) is -7.68. The van der Waals surface area contributed by atoms with E-state index in [2.05, 4.69) is 15.6 Å². The van der Waals surface area contributed by atoms with Gasteiger partial charge in [-0.05, 0) is 37.1 Å². The molecule has 0 saturated heterocycles. The number of hydrogen-bond acceptors (Lipinski definition) is 4. The lowest BCUT2D eigenvalue weighted by Crippen LogP contribution is -2.36. The van der Waals surface area contributed by atoms with Crippen molar-refractivity contribution in [2.45, 2.75) is 49.9 Å². The Hall–Kier alpha value is -2.88. The van der Waals surface area contributed by atoms with Crippen LogP contribution in [0.2, 0.25) is 5.02 Å². The summed E-state index contributed by atoms with van der Waals surface area (Å²) in [6.45, 7) is 1.54. The number of alkyl halides is 11.